The summed E-state index contributed by atoms with van der Waals surface area (Å²) in [5, 5.41) is 0. The largest absolute Gasteiger partial charge is 0.380 e. The Labute approximate surface area is 332 Å². The van der Waals surface area contributed by atoms with Gasteiger partial charge in [0.05, 0.1) is 0 Å². The number of thiophene rings is 2. The fraction of sp³-hybridized carbons (Fsp3) is 0.298. The van der Waals surface area contributed by atoms with E-state index in [2.05, 4.69) is 20.8 Å². The van der Waals surface area contributed by atoms with Crippen LogP contribution in [-0.4, -0.2) is 23.6 Å². The second-order valence-electron chi connectivity index (χ2n) is 16.7. The van der Waals surface area contributed by atoms with Gasteiger partial charge in [-0.15, -0.1) is 22.7 Å². The van der Waals surface area contributed by atoms with Crippen molar-refractivity contribution < 1.29 is 31.1 Å². The molecule has 1 unspecified atom stereocenters. The highest BCUT2D eigenvalue weighted by Gasteiger charge is 2.80. The summed E-state index contributed by atoms with van der Waals surface area (Å²) in [5.74, 6) is -16.3. The molecule has 1 nitrogen and oxygen atoms in total. The van der Waals surface area contributed by atoms with E-state index in [0.29, 0.717) is 44.0 Å². The van der Waals surface area contributed by atoms with Crippen LogP contribution in [0.2, 0.25) is 0 Å². The third-order valence-electron chi connectivity index (χ3n) is 10.8. The van der Waals surface area contributed by atoms with E-state index in [1.807, 2.05) is 45.1 Å². The molecule has 0 amide bonds. The molecule has 0 aliphatic heterocycles. The first-order valence-corrected chi connectivity index (χ1v) is 20.1. The highest BCUT2D eigenvalue weighted by atomic mass is 32.1. The van der Waals surface area contributed by atoms with Gasteiger partial charge in [-0.05, 0) is 70.1 Å². The molecule has 0 bridgehead atoms. The highest BCUT2D eigenvalue weighted by molar-refractivity contribution is 7.19. The predicted octanol–water partition coefficient (Wildman–Crippen LogP) is 15.1. The topological polar surface area (TPSA) is 17.1 Å². The lowest BCUT2D eigenvalue weighted by molar-refractivity contribution is -0.254. The molecule has 2 aliphatic carbocycles. The summed E-state index contributed by atoms with van der Waals surface area (Å²) < 4.78 is 98.9. The van der Waals surface area contributed by atoms with Crippen LogP contribution in [0.25, 0.3) is 48.0 Å². The van der Waals surface area contributed by atoms with Crippen molar-refractivity contribution in [3.05, 3.63) is 136 Å². The molecule has 1 atom stereocenters. The SMILES string of the molecule is CC(=O)c1ccc(-c2cc(C3=C(c4cc(-c5ccccc5)sc4C4=CCC(C(C)(C)C)C=C4)C(F)(F)C(F)(F)C3(F)F)c(-c3ccc(C(C)(C)C)cc3)s2)cc1. The molecule has 3 aromatic carbocycles. The van der Waals surface area contributed by atoms with E-state index in [1.54, 1.807) is 72.8 Å². The van der Waals surface area contributed by atoms with Gasteiger partial charge in [0.15, 0.2) is 5.78 Å². The summed E-state index contributed by atoms with van der Waals surface area (Å²) in [4.78, 5) is 13.3. The normalized spacial score (nSPS) is 19.0. The van der Waals surface area contributed by atoms with Crippen molar-refractivity contribution in [3.63, 3.8) is 0 Å². The molecule has 5 aromatic rings. The summed E-state index contributed by atoms with van der Waals surface area (Å²) in [6.07, 6.45) is 6.23. The van der Waals surface area contributed by atoms with Gasteiger partial charge < -0.3 is 0 Å². The van der Waals surface area contributed by atoms with E-state index in [4.69, 9.17) is 0 Å². The summed E-state index contributed by atoms with van der Waals surface area (Å²) in [7, 11) is 0. The molecule has 7 rings (SSSR count). The first-order chi connectivity index (χ1) is 26.1. The van der Waals surface area contributed by atoms with Gasteiger partial charge in [0.2, 0.25) is 0 Å². The van der Waals surface area contributed by atoms with Gasteiger partial charge >= 0.3 is 17.8 Å². The minimum atomic E-state index is -5.75. The lowest BCUT2D eigenvalue weighted by atomic mass is 9.76. The number of ketones is 1. The van der Waals surface area contributed by atoms with Gasteiger partial charge in [-0.3, -0.25) is 4.79 Å². The molecule has 2 aromatic heterocycles. The number of allylic oxidation sites excluding steroid dienone is 6. The molecule has 2 heterocycles. The second kappa shape index (κ2) is 13.9. The zero-order valence-corrected chi connectivity index (χ0v) is 33.8. The molecule has 2 aliphatic rings. The molecule has 0 radical (unpaired) electrons. The Morgan fingerprint density at radius 2 is 1.16 bits per heavy atom. The molecule has 0 spiro atoms. The van der Waals surface area contributed by atoms with E-state index in [9.17, 15) is 4.79 Å². The lowest BCUT2D eigenvalue weighted by Gasteiger charge is -2.29. The van der Waals surface area contributed by atoms with E-state index in [1.165, 1.54) is 19.1 Å². The van der Waals surface area contributed by atoms with Crippen LogP contribution in [0.3, 0.4) is 0 Å². The monoisotopic (exact) mass is 800 g/mol. The number of carbonyl (C=O) groups is 1. The Kier molecular flexibility index (Phi) is 9.85. The minimum Gasteiger partial charge on any atom is -0.295 e. The molecular weight excluding hydrogens is 759 g/mol. The number of hydrogen-bond donors (Lipinski definition) is 0. The number of carbonyl (C=O) groups excluding carboxylic acids is 1. The number of hydrogen-bond acceptors (Lipinski definition) is 3. The summed E-state index contributed by atoms with van der Waals surface area (Å²) >= 11 is 2.17. The van der Waals surface area contributed by atoms with Crippen molar-refractivity contribution in [1.29, 1.82) is 0 Å². The quantitative estimate of drug-likeness (QED) is 0.118. The number of halogens is 6. The number of Topliss-reactive ketones (excluding diaryl/α,β-unsaturated/α-hetero) is 1. The molecule has 0 saturated heterocycles. The zero-order chi connectivity index (χ0) is 40.6. The maximum absolute atomic E-state index is 16.7. The maximum atomic E-state index is 16.7. The van der Waals surface area contributed by atoms with E-state index in [-0.39, 0.29) is 43.4 Å². The Morgan fingerprint density at radius 3 is 1.64 bits per heavy atom. The first-order valence-electron chi connectivity index (χ1n) is 18.5. The van der Waals surface area contributed by atoms with Gasteiger partial charge in [0, 0.05) is 47.3 Å². The smallest absolute Gasteiger partial charge is 0.295 e. The van der Waals surface area contributed by atoms with Crippen LogP contribution in [0.4, 0.5) is 26.3 Å². The Hall–Kier alpha value is -4.47. The summed E-state index contributed by atoms with van der Waals surface area (Å²) in [5.41, 5.74) is -0.375. The number of benzene rings is 3. The fourth-order valence-electron chi connectivity index (χ4n) is 7.32. The third kappa shape index (κ3) is 6.74. The van der Waals surface area contributed by atoms with Crippen LogP contribution >= 0.6 is 22.7 Å². The second-order valence-corrected chi connectivity index (χ2v) is 18.8. The molecule has 0 N–H and O–H groups in total. The van der Waals surface area contributed by atoms with Crippen molar-refractivity contribution in [2.45, 2.75) is 78.1 Å². The first kappa shape index (κ1) is 39.8. The molecule has 56 heavy (non-hydrogen) atoms. The molecule has 0 saturated carbocycles. The predicted molar refractivity (Wildman–Crippen MR) is 220 cm³/mol. The fourth-order valence-corrected chi connectivity index (χ4v) is 9.69. The van der Waals surface area contributed by atoms with Crippen LogP contribution in [0.5, 0.6) is 0 Å². The van der Waals surface area contributed by atoms with Crippen LogP contribution in [0, 0.1) is 11.3 Å². The molecular formula is C47H42F6OS2. The van der Waals surface area contributed by atoms with Crippen molar-refractivity contribution in [2.24, 2.45) is 11.3 Å². The van der Waals surface area contributed by atoms with E-state index < -0.39 is 28.9 Å². The third-order valence-corrected chi connectivity index (χ3v) is 13.3. The lowest BCUT2D eigenvalue weighted by Crippen LogP contribution is -2.48. The van der Waals surface area contributed by atoms with Crippen LogP contribution in [0.15, 0.2) is 109 Å². The van der Waals surface area contributed by atoms with Crippen LogP contribution < -0.4 is 0 Å². The van der Waals surface area contributed by atoms with Crippen molar-refractivity contribution in [1.82, 2.24) is 0 Å². The van der Waals surface area contributed by atoms with Gasteiger partial charge in [-0.2, -0.15) is 26.3 Å². The van der Waals surface area contributed by atoms with Crippen molar-refractivity contribution in [2.75, 3.05) is 0 Å². The van der Waals surface area contributed by atoms with Crippen LogP contribution in [0.1, 0.15) is 86.8 Å². The summed E-state index contributed by atoms with van der Waals surface area (Å²) in [6.45, 7) is 13.7. The highest BCUT2D eigenvalue weighted by Crippen LogP contribution is 2.67. The van der Waals surface area contributed by atoms with Crippen LogP contribution in [-0.2, 0) is 5.41 Å². The summed E-state index contributed by atoms with van der Waals surface area (Å²) in [6, 6.07) is 25.1. The van der Waals surface area contributed by atoms with Gasteiger partial charge in [-0.25, -0.2) is 0 Å². The van der Waals surface area contributed by atoms with Gasteiger partial charge in [0.1, 0.15) is 0 Å². The van der Waals surface area contributed by atoms with E-state index in [0.717, 1.165) is 28.2 Å². The molecule has 290 valence electrons. The number of rotatable bonds is 7. The zero-order valence-electron chi connectivity index (χ0n) is 32.2. The molecule has 9 heteroatoms. The van der Waals surface area contributed by atoms with E-state index >= 15 is 26.3 Å². The Morgan fingerprint density at radius 1 is 0.661 bits per heavy atom. The van der Waals surface area contributed by atoms with Crippen molar-refractivity contribution in [3.8, 4) is 31.3 Å². The minimum absolute atomic E-state index is 0.102. The van der Waals surface area contributed by atoms with Gasteiger partial charge in [-0.1, -0.05) is 139 Å². The average molecular weight is 801 g/mol. The average Bonchev–Trinajstić information content (AvgIpc) is 3.81. The van der Waals surface area contributed by atoms with Crippen molar-refractivity contribution >= 4 is 45.2 Å². The Bertz CT molecular complexity index is 2390. The Balaban J connectivity index is 1.54. The molecule has 0 fully saturated rings. The standard InChI is InChI=1S/C47H42F6OS2/c1-27(54)28-13-15-30(16-14-28)38-26-36(42(56-38)32-19-23-34(24-20-32)44(5,6)7)40-39(45(48,49)47(52,53)46(40,50)51)35-25-37(29-11-9-8-10-12-29)55-41(35)31-17-21-33(22-18-31)43(2,3)4/h8-21,23-26,33H,22H2,1-7H3. The maximum Gasteiger partial charge on any atom is 0.380 e. The van der Waals surface area contributed by atoms with Gasteiger partial charge in [0.25, 0.3) is 0 Å². The number of alkyl halides is 6.